The Morgan fingerprint density at radius 2 is 1.85 bits per heavy atom. The average Bonchev–Trinajstić information content (AvgIpc) is 3.06. The number of halogens is 6. The molecular weight excluding hydrogens is 400 g/mol. The molecule has 5 nitrogen and oxygen atoms in total. The Hall–Kier alpha value is -2.37. The van der Waals surface area contributed by atoms with E-state index in [1.807, 2.05) is 0 Å². The summed E-state index contributed by atoms with van der Waals surface area (Å²) in [4.78, 5) is 13.4. The Morgan fingerprint density at radius 3 is 2.41 bits per heavy atom. The second-order valence-corrected chi connectivity index (χ2v) is 6.19. The van der Waals surface area contributed by atoms with E-state index in [2.05, 4.69) is 10.2 Å². The number of aromatic nitrogens is 2. The summed E-state index contributed by atoms with van der Waals surface area (Å²) in [7, 11) is 0. The molecule has 2 aromatic rings. The van der Waals surface area contributed by atoms with Crippen LogP contribution in [0.1, 0.15) is 23.9 Å². The standard InChI is InChI=1S/C15H13F6N3O2S/c1-2-6-24(10-5-3-4-9(7-10)14(16,17)18)11(25)8-26-13-23-22-12(27-13)15(19,20)21/h3-5,7H,2,6,8H2,1H3. The van der Waals surface area contributed by atoms with Gasteiger partial charge in [0.05, 0.1) is 5.56 Å². The number of ether oxygens (including phenoxy) is 1. The number of anilines is 1. The van der Waals surface area contributed by atoms with Crippen LogP contribution in [-0.4, -0.2) is 29.3 Å². The lowest BCUT2D eigenvalue weighted by Crippen LogP contribution is -2.35. The highest BCUT2D eigenvalue weighted by atomic mass is 32.1. The molecule has 0 saturated carbocycles. The molecule has 0 saturated heterocycles. The minimum atomic E-state index is -4.68. The van der Waals surface area contributed by atoms with Gasteiger partial charge in [0.1, 0.15) is 0 Å². The minimum absolute atomic E-state index is 0.00789. The van der Waals surface area contributed by atoms with Gasteiger partial charge in [0, 0.05) is 12.2 Å². The molecule has 0 unspecified atom stereocenters. The van der Waals surface area contributed by atoms with Crippen LogP contribution in [0, 0.1) is 0 Å². The van der Waals surface area contributed by atoms with E-state index in [0.717, 1.165) is 23.1 Å². The number of benzene rings is 1. The Kier molecular flexibility index (Phi) is 6.29. The molecule has 0 fully saturated rings. The minimum Gasteiger partial charge on any atom is -0.459 e. The van der Waals surface area contributed by atoms with Gasteiger partial charge >= 0.3 is 12.4 Å². The third-order valence-electron chi connectivity index (χ3n) is 3.20. The molecule has 1 amide bonds. The first-order valence-electron chi connectivity index (χ1n) is 7.53. The summed E-state index contributed by atoms with van der Waals surface area (Å²) < 4.78 is 80.9. The lowest BCUT2D eigenvalue weighted by molar-refractivity contribution is -0.138. The van der Waals surface area contributed by atoms with Crippen LogP contribution in [0.25, 0.3) is 0 Å². The van der Waals surface area contributed by atoms with Crippen LogP contribution in [0.2, 0.25) is 0 Å². The molecule has 1 heterocycles. The largest absolute Gasteiger partial charge is 0.459 e. The molecule has 0 spiro atoms. The third kappa shape index (κ3) is 5.55. The summed E-state index contributed by atoms with van der Waals surface area (Å²) in [6.45, 7) is 1.13. The molecule has 0 N–H and O–H groups in total. The molecule has 1 aromatic carbocycles. The smallest absolute Gasteiger partial charge is 0.445 e. The monoisotopic (exact) mass is 413 g/mol. The van der Waals surface area contributed by atoms with Crippen molar-refractivity contribution in [1.82, 2.24) is 10.2 Å². The molecule has 12 heteroatoms. The van der Waals surface area contributed by atoms with Crippen LogP contribution >= 0.6 is 11.3 Å². The molecule has 148 valence electrons. The van der Waals surface area contributed by atoms with Gasteiger partial charge in [-0.2, -0.15) is 26.3 Å². The van der Waals surface area contributed by atoms with Gasteiger partial charge in [-0.1, -0.05) is 29.4 Å². The van der Waals surface area contributed by atoms with Gasteiger partial charge in [-0.15, -0.1) is 5.10 Å². The normalized spacial score (nSPS) is 12.1. The summed E-state index contributed by atoms with van der Waals surface area (Å²) in [5.41, 5.74) is -0.915. The highest BCUT2D eigenvalue weighted by Gasteiger charge is 2.36. The number of carbonyl (C=O) groups is 1. The van der Waals surface area contributed by atoms with Crippen LogP contribution in [0.3, 0.4) is 0 Å². The molecule has 2 rings (SSSR count). The number of hydrogen-bond acceptors (Lipinski definition) is 5. The first-order chi connectivity index (χ1) is 12.5. The molecule has 0 bridgehead atoms. The molecule has 0 aliphatic rings. The van der Waals surface area contributed by atoms with Crippen LogP contribution in [0.5, 0.6) is 5.19 Å². The molecule has 0 atom stereocenters. The van der Waals surface area contributed by atoms with Crippen molar-refractivity contribution in [2.24, 2.45) is 0 Å². The van der Waals surface area contributed by atoms with Crippen molar-refractivity contribution in [2.75, 3.05) is 18.1 Å². The lowest BCUT2D eigenvalue weighted by Gasteiger charge is -2.23. The summed E-state index contributed by atoms with van der Waals surface area (Å²) in [5.74, 6) is -0.722. The number of carbonyl (C=O) groups excluding carboxylic acids is 1. The van der Waals surface area contributed by atoms with Gasteiger partial charge in [0.25, 0.3) is 11.1 Å². The zero-order chi connectivity index (χ0) is 20.2. The molecular formula is C15H13F6N3O2S. The van der Waals surface area contributed by atoms with E-state index in [-0.39, 0.29) is 23.6 Å². The van der Waals surface area contributed by atoms with Gasteiger partial charge in [0.2, 0.25) is 5.01 Å². The van der Waals surface area contributed by atoms with Crippen molar-refractivity contribution < 1.29 is 35.9 Å². The Morgan fingerprint density at radius 1 is 1.15 bits per heavy atom. The molecule has 0 radical (unpaired) electrons. The third-order valence-corrected chi connectivity index (χ3v) is 4.08. The fourth-order valence-corrected chi connectivity index (χ4v) is 2.62. The van der Waals surface area contributed by atoms with E-state index in [0.29, 0.717) is 6.42 Å². The van der Waals surface area contributed by atoms with Gasteiger partial charge in [-0.05, 0) is 24.6 Å². The van der Waals surface area contributed by atoms with Gasteiger partial charge in [-0.3, -0.25) is 4.79 Å². The Balaban J connectivity index is 2.12. The van der Waals surface area contributed by atoms with E-state index in [4.69, 9.17) is 4.74 Å². The summed E-state index contributed by atoms with van der Waals surface area (Å²) in [5, 5.41) is 4.41. The van der Waals surface area contributed by atoms with Crippen molar-refractivity contribution in [2.45, 2.75) is 25.7 Å². The molecule has 1 aromatic heterocycles. The zero-order valence-electron chi connectivity index (χ0n) is 13.8. The number of rotatable bonds is 6. The number of alkyl halides is 6. The van der Waals surface area contributed by atoms with Crippen molar-refractivity contribution in [3.8, 4) is 5.19 Å². The van der Waals surface area contributed by atoms with Crippen LogP contribution in [-0.2, 0) is 17.1 Å². The second kappa shape index (κ2) is 8.11. The van der Waals surface area contributed by atoms with Crippen LogP contribution in [0.4, 0.5) is 32.0 Å². The van der Waals surface area contributed by atoms with Crippen molar-refractivity contribution in [3.63, 3.8) is 0 Å². The summed E-state index contributed by atoms with van der Waals surface area (Å²) in [6.07, 6.45) is -8.82. The van der Waals surface area contributed by atoms with E-state index in [9.17, 15) is 31.1 Å². The predicted molar refractivity (Wildman–Crippen MR) is 84.5 cm³/mol. The van der Waals surface area contributed by atoms with E-state index < -0.39 is 40.6 Å². The second-order valence-electron chi connectivity index (χ2n) is 5.25. The summed E-state index contributed by atoms with van der Waals surface area (Å²) in [6, 6.07) is 4.18. The fourth-order valence-electron chi connectivity index (χ4n) is 2.06. The highest BCUT2D eigenvalue weighted by molar-refractivity contribution is 7.13. The fraction of sp³-hybridized carbons (Fsp3) is 0.400. The molecule has 0 aliphatic heterocycles. The number of nitrogens with zero attached hydrogens (tertiary/aromatic N) is 3. The topological polar surface area (TPSA) is 55.3 Å². The van der Waals surface area contributed by atoms with Crippen LogP contribution in [0.15, 0.2) is 24.3 Å². The maximum absolute atomic E-state index is 12.9. The average molecular weight is 413 g/mol. The maximum Gasteiger partial charge on any atom is 0.445 e. The summed E-state index contributed by atoms with van der Waals surface area (Å²) >= 11 is 0.120. The van der Waals surface area contributed by atoms with E-state index >= 15 is 0 Å². The van der Waals surface area contributed by atoms with E-state index in [1.165, 1.54) is 6.07 Å². The van der Waals surface area contributed by atoms with Gasteiger partial charge in [0.15, 0.2) is 6.61 Å². The number of hydrogen-bond donors (Lipinski definition) is 0. The Labute approximate surface area is 153 Å². The van der Waals surface area contributed by atoms with Crippen molar-refractivity contribution in [1.29, 1.82) is 0 Å². The van der Waals surface area contributed by atoms with Gasteiger partial charge < -0.3 is 9.64 Å². The molecule has 27 heavy (non-hydrogen) atoms. The quantitative estimate of drug-likeness (QED) is 0.659. The maximum atomic E-state index is 12.9. The van der Waals surface area contributed by atoms with Crippen molar-refractivity contribution in [3.05, 3.63) is 34.8 Å². The van der Waals surface area contributed by atoms with E-state index in [1.54, 1.807) is 6.92 Å². The van der Waals surface area contributed by atoms with Gasteiger partial charge in [-0.25, -0.2) is 0 Å². The first-order valence-corrected chi connectivity index (χ1v) is 8.35. The lowest BCUT2D eigenvalue weighted by atomic mass is 10.1. The zero-order valence-corrected chi connectivity index (χ0v) is 14.6. The highest BCUT2D eigenvalue weighted by Crippen LogP contribution is 2.34. The SMILES string of the molecule is CCCN(C(=O)COc1nnc(C(F)(F)F)s1)c1cccc(C(F)(F)F)c1. The molecule has 0 aliphatic carbocycles. The number of amides is 1. The first kappa shape index (κ1) is 20.9. The van der Waals surface area contributed by atoms with Crippen molar-refractivity contribution >= 4 is 22.9 Å². The Bertz CT molecular complexity index is 790. The predicted octanol–water partition coefficient (Wildman–Crippen LogP) is 4.40. The van der Waals surface area contributed by atoms with Crippen LogP contribution < -0.4 is 9.64 Å².